The number of nitrogens with one attached hydrogen (secondary N) is 1. The van der Waals surface area contributed by atoms with Gasteiger partial charge in [-0.25, -0.2) is 28.4 Å². The average Bonchev–Trinajstić information content (AvgIpc) is 3.38. The third kappa shape index (κ3) is 4.27. The van der Waals surface area contributed by atoms with E-state index in [-0.39, 0.29) is 24.1 Å². The van der Waals surface area contributed by atoms with Crippen LogP contribution in [-0.2, 0) is 13.1 Å². The summed E-state index contributed by atoms with van der Waals surface area (Å²) in [5, 5.41) is 9.49. The molecule has 0 unspecified atom stereocenters. The largest absolute Gasteiger partial charge is 0.351 e. The highest BCUT2D eigenvalue weighted by Gasteiger charge is 2.12. The molecule has 1 aromatic carbocycles. The number of thiazole rings is 1. The molecule has 4 aromatic rings. The Labute approximate surface area is 168 Å². The van der Waals surface area contributed by atoms with Gasteiger partial charge in [-0.05, 0) is 29.8 Å². The third-order valence-corrected chi connectivity index (χ3v) is 4.90. The predicted molar refractivity (Wildman–Crippen MR) is 104 cm³/mol. The van der Waals surface area contributed by atoms with Crippen LogP contribution in [0.4, 0.5) is 4.39 Å². The number of pyridine rings is 1. The van der Waals surface area contributed by atoms with Crippen molar-refractivity contribution in [3.63, 3.8) is 0 Å². The third-order valence-electron chi connectivity index (χ3n) is 4.12. The zero-order chi connectivity index (χ0) is 20.2. The number of hydrogen-bond acceptors (Lipinski definition) is 6. The maximum atomic E-state index is 13.0. The van der Waals surface area contributed by atoms with E-state index in [2.05, 4.69) is 20.4 Å². The summed E-state index contributed by atoms with van der Waals surface area (Å²) < 4.78 is 15.5. The summed E-state index contributed by atoms with van der Waals surface area (Å²) in [6.45, 7) is 0.518. The van der Waals surface area contributed by atoms with Crippen molar-refractivity contribution in [2.75, 3.05) is 0 Å². The molecule has 8 nitrogen and oxygen atoms in total. The first-order valence-electron chi connectivity index (χ1n) is 8.62. The quantitative estimate of drug-likeness (QED) is 0.525. The lowest BCUT2D eigenvalue weighted by atomic mass is 10.2. The zero-order valence-electron chi connectivity index (χ0n) is 15.0. The van der Waals surface area contributed by atoms with Crippen LogP contribution in [-0.4, -0.2) is 30.2 Å². The molecule has 29 heavy (non-hydrogen) atoms. The van der Waals surface area contributed by atoms with Gasteiger partial charge in [-0.2, -0.15) is 5.10 Å². The van der Waals surface area contributed by atoms with Crippen molar-refractivity contribution in [3.05, 3.63) is 92.9 Å². The van der Waals surface area contributed by atoms with Gasteiger partial charge in [-0.3, -0.25) is 4.79 Å². The van der Waals surface area contributed by atoms with E-state index in [4.69, 9.17) is 0 Å². The number of nitrogens with zero attached hydrogens (tertiary/aromatic N) is 5. The molecule has 0 atom stereocenters. The van der Waals surface area contributed by atoms with E-state index in [9.17, 15) is 14.0 Å². The van der Waals surface area contributed by atoms with E-state index in [1.807, 2.05) is 5.38 Å². The summed E-state index contributed by atoms with van der Waals surface area (Å²) in [7, 11) is 0. The van der Waals surface area contributed by atoms with E-state index in [1.54, 1.807) is 24.4 Å². The summed E-state index contributed by atoms with van der Waals surface area (Å²) in [5.74, 6) is -0.362. The van der Waals surface area contributed by atoms with E-state index in [0.717, 1.165) is 10.6 Å². The van der Waals surface area contributed by atoms with E-state index in [1.165, 1.54) is 51.3 Å². The fraction of sp³-hybridized carbons (Fsp3) is 0.105. The van der Waals surface area contributed by atoms with Gasteiger partial charge in [0.2, 0.25) is 0 Å². The van der Waals surface area contributed by atoms with Crippen LogP contribution in [0.15, 0.2) is 65.3 Å². The molecule has 3 heterocycles. The van der Waals surface area contributed by atoms with Crippen LogP contribution in [0.5, 0.6) is 0 Å². The van der Waals surface area contributed by atoms with Crippen molar-refractivity contribution in [2.24, 2.45) is 0 Å². The van der Waals surface area contributed by atoms with Crippen molar-refractivity contribution < 1.29 is 9.18 Å². The topological polar surface area (TPSA) is 94.7 Å². The molecule has 4 rings (SSSR count). The number of benzene rings is 1. The van der Waals surface area contributed by atoms with Crippen LogP contribution >= 0.6 is 11.3 Å². The second-order valence-corrected chi connectivity index (χ2v) is 7.06. The van der Waals surface area contributed by atoms with E-state index < -0.39 is 5.69 Å². The molecular weight excluding hydrogens is 395 g/mol. The van der Waals surface area contributed by atoms with Crippen molar-refractivity contribution in [1.82, 2.24) is 29.6 Å². The second kappa shape index (κ2) is 8.15. The zero-order valence-corrected chi connectivity index (χ0v) is 15.8. The number of carbonyl (C=O) groups is 1. The standard InChI is InChI=1S/C19H15FN6O2S/c20-15-3-1-13(2-4-15)11-26-19(28)25(12-24-26)16-9-14(5-6-21-16)18(27)23-10-17-22-7-8-29-17/h1-9,12H,10-11H2,(H,23,27). The number of carbonyl (C=O) groups excluding carboxylic acids is 1. The Balaban J connectivity index is 1.52. The van der Waals surface area contributed by atoms with Crippen molar-refractivity contribution in [3.8, 4) is 5.82 Å². The lowest BCUT2D eigenvalue weighted by Crippen LogP contribution is -2.26. The molecule has 3 aromatic heterocycles. The normalized spacial score (nSPS) is 10.8. The van der Waals surface area contributed by atoms with Gasteiger partial charge in [0, 0.05) is 23.3 Å². The second-order valence-electron chi connectivity index (χ2n) is 6.08. The lowest BCUT2D eigenvalue weighted by Gasteiger charge is -2.05. The van der Waals surface area contributed by atoms with Crippen LogP contribution in [0, 0.1) is 5.82 Å². The van der Waals surface area contributed by atoms with E-state index >= 15 is 0 Å². The summed E-state index contributed by atoms with van der Waals surface area (Å²) in [6.07, 6.45) is 4.47. The van der Waals surface area contributed by atoms with Gasteiger partial charge in [0.25, 0.3) is 5.91 Å². The van der Waals surface area contributed by atoms with Crippen LogP contribution in [0.3, 0.4) is 0 Å². The number of amides is 1. The van der Waals surface area contributed by atoms with Crippen LogP contribution in [0.2, 0.25) is 0 Å². The molecule has 0 saturated heterocycles. The summed E-state index contributed by atoms with van der Waals surface area (Å²) >= 11 is 1.45. The smallest absolute Gasteiger partial charge is 0.346 e. The fourth-order valence-electron chi connectivity index (χ4n) is 2.66. The molecule has 0 aliphatic heterocycles. The number of hydrogen-bond donors (Lipinski definition) is 1. The van der Waals surface area contributed by atoms with Crippen LogP contribution in [0.1, 0.15) is 20.9 Å². The minimum absolute atomic E-state index is 0.195. The minimum Gasteiger partial charge on any atom is -0.346 e. The predicted octanol–water partition coefficient (Wildman–Crippen LogP) is 2.00. The first-order valence-corrected chi connectivity index (χ1v) is 9.50. The van der Waals surface area contributed by atoms with Gasteiger partial charge in [0.15, 0.2) is 0 Å². The molecule has 0 spiro atoms. The molecule has 146 valence electrons. The first-order chi connectivity index (χ1) is 14.1. The maximum absolute atomic E-state index is 13.0. The highest BCUT2D eigenvalue weighted by Crippen LogP contribution is 2.08. The molecule has 0 aliphatic carbocycles. The van der Waals surface area contributed by atoms with E-state index in [0.29, 0.717) is 12.1 Å². The average molecular weight is 410 g/mol. The van der Waals surface area contributed by atoms with Gasteiger partial charge in [-0.1, -0.05) is 12.1 Å². The Morgan fingerprint density at radius 2 is 1.97 bits per heavy atom. The summed E-state index contributed by atoms with van der Waals surface area (Å²) in [6, 6.07) is 8.91. The molecule has 1 amide bonds. The van der Waals surface area contributed by atoms with Crippen molar-refractivity contribution in [2.45, 2.75) is 13.1 Å². The summed E-state index contributed by atoms with van der Waals surface area (Å²) in [5.41, 5.74) is 0.689. The van der Waals surface area contributed by atoms with Gasteiger partial charge < -0.3 is 5.32 Å². The first kappa shape index (κ1) is 18.7. The van der Waals surface area contributed by atoms with Crippen molar-refractivity contribution in [1.29, 1.82) is 0 Å². The Hall–Kier alpha value is -3.66. The van der Waals surface area contributed by atoms with Crippen LogP contribution in [0.25, 0.3) is 5.82 Å². The highest BCUT2D eigenvalue weighted by atomic mass is 32.1. The molecule has 1 N–H and O–H groups in total. The Morgan fingerprint density at radius 3 is 2.72 bits per heavy atom. The molecular formula is C19H15FN6O2S. The number of rotatable bonds is 6. The van der Waals surface area contributed by atoms with Gasteiger partial charge in [-0.15, -0.1) is 11.3 Å². The number of halogens is 1. The summed E-state index contributed by atoms with van der Waals surface area (Å²) in [4.78, 5) is 33.3. The molecule has 0 saturated carbocycles. The minimum atomic E-state index is -0.415. The SMILES string of the molecule is O=C(NCc1nccs1)c1ccnc(-n2cnn(Cc3ccc(F)cc3)c2=O)c1. The molecule has 10 heteroatoms. The van der Waals surface area contributed by atoms with Crippen molar-refractivity contribution >= 4 is 17.2 Å². The fourth-order valence-corrected chi connectivity index (χ4v) is 3.21. The van der Waals surface area contributed by atoms with Gasteiger partial charge >= 0.3 is 5.69 Å². The Kier molecular flexibility index (Phi) is 5.25. The molecule has 0 aliphatic rings. The highest BCUT2D eigenvalue weighted by molar-refractivity contribution is 7.09. The molecule has 0 fully saturated rings. The number of aromatic nitrogens is 5. The Morgan fingerprint density at radius 1 is 1.14 bits per heavy atom. The van der Waals surface area contributed by atoms with Crippen LogP contribution < -0.4 is 11.0 Å². The monoisotopic (exact) mass is 410 g/mol. The van der Waals surface area contributed by atoms with Gasteiger partial charge in [0.1, 0.15) is 23.0 Å². The Bertz CT molecular complexity index is 1180. The molecule has 0 radical (unpaired) electrons. The molecule has 0 bridgehead atoms. The lowest BCUT2D eigenvalue weighted by molar-refractivity contribution is 0.0950. The van der Waals surface area contributed by atoms with Gasteiger partial charge in [0.05, 0.1) is 13.1 Å². The maximum Gasteiger partial charge on any atom is 0.351 e.